The van der Waals surface area contributed by atoms with Crippen molar-refractivity contribution in [2.45, 2.75) is 13.3 Å². The minimum atomic E-state index is -0.145. The Labute approximate surface area is 118 Å². The van der Waals surface area contributed by atoms with E-state index in [9.17, 15) is 4.79 Å². The first kappa shape index (κ1) is 15.8. The fraction of sp³-hybridized carbons (Fsp3) is 0.462. The van der Waals surface area contributed by atoms with E-state index in [0.29, 0.717) is 29.4 Å². The Hall–Kier alpha value is -1.30. The van der Waals surface area contributed by atoms with Crippen LogP contribution in [0.15, 0.2) is 18.2 Å². The summed E-state index contributed by atoms with van der Waals surface area (Å²) >= 11 is 5.86. The van der Waals surface area contributed by atoms with Crippen LogP contribution in [0.3, 0.4) is 0 Å². The van der Waals surface area contributed by atoms with Gasteiger partial charge in [0.05, 0.1) is 17.9 Å². The molecule has 0 aromatic heterocycles. The third-order valence-electron chi connectivity index (χ3n) is 2.74. The molecule has 0 fully saturated rings. The molecule has 1 aromatic carbocycles. The van der Waals surface area contributed by atoms with Gasteiger partial charge in [-0.15, -0.1) is 0 Å². The highest BCUT2D eigenvalue weighted by Gasteiger charge is 2.10. The molecule has 0 saturated carbocycles. The monoisotopic (exact) mass is 285 g/mol. The van der Waals surface area contributed by atoms with E-state index in [1.54, 1.807) is 18.2 Å². The average molecular weight is 286 g/mol. The number of benzene rings is 1. The highest BCUT2D eigenvalue weighted by atomic mass is 35.5. The molecule has 0 aliphatic carbocycles. The molecule has 0 aliphatic heterocycles. The predicted octanol–water partition coefficient (Wildman–Crippen LogP) is 1.56. The zero-order valence-electron chi connectivity index (χ0n) is 11.0. The molecular formula is C13H20ClN3O2. The smallest absolute Gasteiger partial charge is 0.238 e. The Bertz CT molecular complexity index is 426. The van der Waals surface area contributed by atoms with E-state index < -0.39 is 0 Å². The topological polar surface area (TPSA) is 78.6 Å². The lowest BCUT2D eigenvalue weighted by Gasteiger charge is -2.19. The van der Waals surface area contributed by atoms with E-state index in [1.807, 2.05) is 11.8 Å². The summed E-state index contributed by atoms with van der Waals surface area (Å²) in [6.07, 6.45) is 0.653. The van der Waals surface area contributed by atoms with Gasteiger partial charge in [-0.2, -0.15) is 0 Å². The molecule has 0 unspecified atom stereocenters. The second-order valence-corrected chi connectivity index (χ2v) is 4.66. The van der Waals surface area contributed by atoms with Crippen molar-refractivity contribution < 1.29 is 9.90 Å². The van der Waals surface area contributed by atoms with Gasteiger partial charge in [-0.3, -0.25) is 9.69 Å². The average Bonchev–Trinajstić information content (AvgIpc) is 2.38. The fourth-order valence-corrected chi connectivity index (χ4v) is 1.84. The van der Waals surface area contributed by atoms with Crippen LogP contribution in [0.5, 0.6) is 0 Å². The lowest BCUT2D eigenvalue weighted by molar-refractivity contribution is -0.117. The first-order chi connectivity index (χ1) is 9.06. The van der Waals surface area contributed by atoms with Crippen LogP contribution >= 0.6 is 11.6 Å². The maximum absolute atomic E-state index is 11.9. The number of likely N-dealkylation sites (N-methyl/N-ethyl adjacent to an activating group) is 1. The SMILES string of the molecule is CCN(CCCO)CC(=O)Nc1cc(Cl)ccc1N. The summed E-state index contributed by atoms with van der Waals surface area (Å²) in [5.74, 6) is -0.145. The summed E-state index contributed by atoms with van der Waals surface area (Å²) < 4.78 is 0. The molecule has 1 rings (SSSR count). The number of nitrogens with two attached hydrogens (primary N) is 1. The summed E-state index contributed by atoms with van der Waals surface area (Å²) in [5.41, 5.74) is 6.77. The molecule has 0 saturated heterocycles. The third kappa shape index (κ3) is 5.46. The maximum Gasteiger partial charge on any atom is 0.238 e. The second-order valence-electron chi connectivity index (χ2n) is 4.23. The Morgan fingerprint density at radius 2 is 2.26 bits per heavy atom. The van der Waals surface area contributed by atoms with Crippen LogP contribution in [0.2, 0.25) is 5.02 Å². The van der Waals surface area contributed by atoms with Crippen LogP contribution < -0.4 is 11.1 Å². The quantitative estimate of drug-likeness (QED) is 0.665. The first-order valence-electron chi connectivity index (χ1n) is 6.25. The van der Waals surface area contributed by atoms with Gasteiger partial charge in [-0.25, -0.2) is 0 Å². The van der Waals surface area contributed by atoms with Gasteiger partial charge in [0.2, 0.25) is 5.91 Å². The van der Waals surface area contributed by atoms with Crippen LogP contribution in [0.25, 0.3) is 0 Å². The molecule has 1 aromatic rings. The summed E-state index contributed by atoms with van der Waals surface area (Å²) in [6.45, 7) is 3.80. The Morgan fingerprint density at radius 1 is 1.53 bits per heavy atom. The molecule has 0 aliphatic rings. The summed E-state index contributed by atoms with van der Waals surface area (Å²) in [6, 6.07) is 4.95. The van der Waals surface area contributed by atoms with Gasteiger partial charge in [0.1, 0.15) is 0 Å². The zero-order chi connectivity index (χ0) is 14.3. The summed E-state index contributed by atoms with van der Waals surface area (Å²) in [5, 5.41) is 12.1. The van der Waals surface area contributed by atoms with Crippen LogP contribution in [0.1, 0.15) is 13.3 Å². The molecule has 19 heavy (non-hydrogen) atoms. The number of amides is 1. The molecule has 6 heteroatoms. The molecule has 0 atom stereocenters. The first-order valence-corrected chi connectivity index (χ1v) is 6.62. The van der Waals surface area contributed by atoms with E-state index in [1.165, 1.54) is 0 Å². The number of nitrogens with zero attached hydrogens (tertiary/aromatic N) is 1. The Kier molecular flexibility index (Phi) is 6.62. The van der Waals surface area contributed by atoms with Crippen molar-refractivity contribution >= 4 is 28.9 Å². The molecule has 0 spiro atoms. The number of hydrogen-bond donors (Lipinski definition) is 3. The predicted molar refractivity (Wildman–Crippen MR) is 78.3 cm³/mol. The number of aliphatic hydroxyl groups is 1. The van der Waals surface area contributed by atoms with Crippen LogP contribution in [0.4, 0.5) is 11.4 Å². The number of anilines is 2. The molecule has 1 amide bonds. The number of aliphatic hydroxyl groups excluding tert-OH is 1. The minimum absolute atomic E-state index is 0.124. The van der Waals surface area contributed by atoms with Crippen molar-refractivity contribution in [3.63, 3.8) is 0 Å². The number of rotatable bonds is 7. The van der Waals surface area contributed by atoms with Crippen molar-refractivity contribution in [2.75, 3.05) is 37.3 Å². The van der Waals surface area contributed by atoms with E-state index in [-0.39, 0.29) is 19.1 Å². The van der Waals surface area contributed by atoms with Gasteiger partial charge in [-0.05, 0) is 31.2 Å². The van der Waals surface area contributed by atoms with Gasteiger partial charge in [0.15, 0.2) is 0 Å². The van der Waals surface area contributed by atoms with Gasteiger partial charge in [-0.1, -0.05) is 18.5 Å². The van der Waals surface area contributed by atoms with Crippen molar-refractivity contribution in [1.82, 2.24) is 4.90 Å². The maximum atomic E-state index is 11.9. The van der Waals surface area contributed by atoms with Crippen molar-refractivity contribution in [1.29, 1.82) is 0 Å². The molecule has 4 N–H and O–H groups in total. The third-order valence-corrected chi connectivity index (χ3v) is 2.97. The van der Waals surface area contributed by atoms with Crippen LogP contribution in [-0.4, -0.2) is 42.2 Å². The standard InChI is InChI=1S/C13H20ClN3O2/c1-2-17(6-3-7-18)9-13(19)16-12-8-10(14)4-5-11(12)15/h4-5,8,18H,2-3,6-7,9,15H2,1H3,(H,16,19). The van der Waals surface area contributed by atoms with Crippen LogP contribution in [-0.2, 0) is 4.79 Å². The minimum Gasteiger partial charge on any atom is -0.397 e. The number of nitrogen functional groups attached to an aromatic ring is 1. The molecular weight excluding hydrogens is 266 g/mol. The lowest BCUT2D eigenvalue weighted by Crippen LogP contribution is -2.34. The lowest BCUT2D eigenvalue weighted by atomic mass is 10.2. The van der Waals surface area contributed by atoms with Gasteiger partial charge in [0.25, 0.3) is 0 Å². The highest BCUT2D eigenvalue weighted by molar-refractivity contribution is 6.31. The van der Waals surface area contributed by atoms with E-state index in [4.69, 9.17) is 22.4 Å². The van der Waals surface area contributed by atoms with Crippen LogP contribution in [0, 0.1) is 0 Å². The Morgan fingerprint density at radius 3 is 2.89 bits per heavy atom. The zero-order valence-corrected chi connectivity index (χ0v) is 11.8. The van der Waals surface area contributed by atoms with E-state index in [2.05, 4.69) is 5.32 Å². The van der Waals surface area contributed by atoms with Gasteiger partial charge in [0, 0.05) is 18.2 Å². The highest BCUT2D eigenvalue weighted by Crippen LogP contribution is 2.22. The summed E-state index contributed by atoms with van der Waals surface area (Å²) in [4.78, 5) is 13.8. The molecule has 0 heterocycles. The van der Waals surface area contributed by atoms with Crippen molar-refractivity contribution in [3.05, 3.63) is 23.2 Å². The van der Waals surface area contributed by atoms with E-state index >= 15 is 0 Å². The normalized spacial score (nSPS) is 10.7. The molecule has 5 nitrogen and oxygen atoms in total. The molecule has 106 valence electrons. The summed E-state index contributed by atoms with van der Waals surface area (Å²) in [7, 11) is 0. The number of nitrogens with one attached hydrogen (secondary N) is 1. The van der Waals surface area contributed by atoms with Crippen molar-refractivity contribution in [2.24, 2.45) is 0 Å². The number of carbonyl (C=O) groups excluding carboxylic acids is 1. The number of carbonyl (C=O) groups is 1. The van der Waals surface area contributed by atoms with Gasteiger partial charge < -0.3 is 16.2 Å². The largest absolute Gasteiger partial charge is 0.397 e. The Balaban J connectivity index is 2.56. The second kappa shape index (κ2) is 7.99. The van der Waals surface area contributed by atoms with E-state index in [0.717, 1.165) is 6.54 Å². The number of halogens is 1. The fourth-order valence-electron chi connectivity index (χ4n) is 1.67. The van der Waals surface area contributed by atoms with Crippen molar-refractivity contribution in [3.8, 4) is 0 Å². The molecule has 0 bridgehead atoms. The molecule has 0 radical (unpaired) electrons. The van der Waals surface area contributed by atoms with Gasteiger partial charge >= 0.3 is 0 Å². The number of hydrogen-bond acceptors (Lipinski definition) is 4.